The third-order valence-electron chi connectivity index (χ3n) is 9.64. The summed E-state index contributed by atoms with van der Waals surface area (Å²) in [5, 5.41) is 11.0. The first-order chi connectivity index (χ1) is 18.9. The Morgan fingerprint density at radius 3 is 2.56 bits per heavy atom. The molecule has 11 heteroatoms. The molecule has 0 aromatic carbocycles. The van der Waals surface area contributed by atoms with E-state index in [-0.39, 0.29) is 11.5 Å². The summed E-state index contributed by atoms with van der Waals surface area (Å²) in [5.74, 6) is 4.34. The summed E-state index contributed by atoms with van der Waals surface area (Å²) >= 11 is 0. The molecule has 4 aliphatic rings. The van der Waals surface area contributed by atoms with E-state index in [2.05, 4.69) is 45.8 Å². The van der Waals surface area contributed by atoms with Crippen LogP contribution in [0.4, 0.5) is 10.6 Å². The molecule has 1 aliphatic heterocycles. The lowest BCUT2D eigenvalue weighted by Crippen LogP contribution is -2.32. The highest BCUT2D eigenvalue weighted by molar-refractivity contribution is 5.85. The van der Waals surface area contributed by atoms with Crippen LogP contribution in [0, 0.1) is 17.8 Å². The van der Waals surface area contributed by atoms with Gasteiger partial charge in [-0.1, -0.05) is 26.2 Å². The highest BCUT2D eigenvalue weighted by Gasteiger charge is 2.51. The Hall–Kier alpha value is -3.21. The van der Waals surface area contributed by atoms with E-state index in [1.165, 1.54) is 50.5 Å². The van der Waals surface area contributed by atoms with Gasteiger partial charge in [-0.05, 0) is 63.2 Å². The standard InChI is InChI=1S/C28H39N9O2/c1-16-7-9-18(10-8-16)14-37-21-22(30-17(2)19-5-4-6-19)31-24(25-34-27(38)39-35-25)32-23(21)33-26(37)28(11-12-28)20-13-29-36(3)15-20/h13,15-19,25,35H,4-12,14H2,1-3H3,(H,34,38)(H,30,31,32)/t16?,17-,18?,25?/m1/s1. The predicted octanol–water partition coefficient (Wildman–Crippen LogP) is 4.31. The van der Waals surface area contributed by atoms with Gasteiger partial charge >= 0.3 is 6.09 Å². The molecule has 3 aliphatic carbocycles. The Morgan fingerprint density at radius 1 is 1.15 bits per heavy atom. The van der Waals surface area contributed by atoms with Crippen molar-refractivity contribution >= 4 is 23.1 Å². The average molecular weight is 534 g/mol. The number of aryl methyl sites for hydroxylation is 1. The molecule has 1 unspecified atom stereocenters. The van der Waals surface area contributed by atoms with Gasteiger partial charge in [0.15, 0.2) is 23.5 Å². The molecule has 3 N–H and O–H groups in total. The van der Waals surface area contributed by atoms with Crippen molar-refractivity contribution in [2.75, 3.05) is 5.32 Å². The van der Waals surface area contributed by atoms with Gasteiger partial charge in [0.1, 0.15) is 11.3 Å². The fourth-order valence-corrected chi connectivity index (χ4v) is 6.71. The van der Waals surface area contributed by atoms with Crippen LogP contribution in [0.1, 0.15) is 95.0 Å². The van der Waals surface area contributed by atoms with E-state index < -0.39 is 12.3 Å². The van der Waals surface area contributed by atoms with Gasteiger partial charge in [-0.3, -0.25) is 10.00 Å². The molecule has 7 rings (SSSR count). The molecule has 4 fully saturated rings. The SMILES string of the molecule is CC1CCC(Cn2c(C3(c4cnn(C)c4)CC3)nc3nc(C4NOC(=O)N4)nc(N[C@H](C)C4CCC4)c32)CC1. The second-order valence-corrected chi connectivity index (χ2v) is 12.5. The van der Waals surface area contributed by atoms with Crippen LogP contribution in [0.3, 0.4) is 0 Å². The van der Waals surface area contributed by atoms with E-state index in [0.717, 1.165) is 42.5 Å². The van der Waals surface area contributed by atoms with E-state index in [1.807, 2.05) is 17.9 Å². The normalized spacial score (nSPS) is 27.2. The lowest BCUT2D eigenvalue weighted by Gasteiger charge is -2.32. The maximum absolute atomic E-state index is 11.8. The third-order valence-corrected chi connectivity index (χ3v) is 9.64. The number of rotatable bonds is 8. The zero-order valence-corrected chi connectivity index (χ0v) is 23.1. The molecule has 11 nitrogen and oxygen atoms in total. The van der Waals surface area contributed by atoms with Crippen molar-refractivity contribution in [1.29, 1.82) is 0 Å². The zero-order valence-electron chi connectivity index (χ0n) is 23.1. The Bertz CT molecular complexity index is 1380. The maximum Gasteiger partial charge on any atom is 0.427 e. The molecule has 3 aromatic rings. The number of amides is 1. The highest BCUT2D eigenvalue weighted by Crippen LogP contribution is 2.54. The van der Waals surface area contributed by atoms with E-state index in [4.69, 9.17) is 19.8 Å². The number of hydrogen-bond acceptors (Lipinski definition) is 8. The minimum Gasteiger partial charge on any atom is -0.365 e. The molecule has 0 radical (unpaired) electrons. The number of anilines is 1. The van der Waals surface area contributed by atoms with Crippen molar-refractivity contribution in [3.63, 3.8) is 0 Å². The Balaban J connectivity index is 1.37. The second-order valence-electron chi connectivity index (χ2n) is 12.5. The number of carbonyl (C=O) groups excluding carboxylic acids is 1. The van der Waals surface area contributed by atoms with E-state index in [0.29, 0.717) is 23.3 Å². The lowest BCUT2D eigenvalue weighted by atomic mass is 9.80. The van der Waals surface area contributed by atoms with Crippen LogP contribution in [0.15, 0.2) is 12.4 Å². The predicted molar refractivity (Wildman–Crippen MR) is 146 cm³/mol. The Morgan fingerprint density at radius 2 is 1.95 bits per heavy atom. The maximum atomic E-state index is 11.8. The number of nitrogens with one attached hydrogen (secondary N) is 3. The molecule has 0 bridgehead atoms. The number of carbonyl (C=O) groups is 1. The van der Waals surface area contributed by atoms with Crippen LogP contribution >= 0.6 is 0 Å². The third kappa shape index (κ3) is 4.44. The quantitative estimate of drug-likeness (QED) is 0.391. The molecule has 39 heavy (non-hydrogen) atoms. The fourth-order valence-electron chi connectivity index (χ4n) is 6.71. The molecule has 208 valence electrons. The summed E-state index contributed by atoms with van der Waals surface area (Å²) in [7, 11) is 1.97. The van der Waals surface area contributed by atoms with Gasteiger partial charge in [0.2, 0.25) is 0 Å². The van der Waals surface area contributed by atoms with Crippen molar-refractivity contribution < 1.29 is 9.63 Å². The van der Waals surface area contributed by atoms with Gasteiger partial charge in [0, 0.05) is 31.4 Å². The summed E-state index contributed by atoms with van der Waals surface area (Å²) < 4.78 is 4.32. The summed E-state index contributed by atoms with van der Waals surface area (Å²) in [6.07, 6.45) is 13.8. The number of nitrogens with zero attached hydrogens (tertiary/aromatic N) is 6. The van der Waals surface area contributed by atoms with Gasteiger partial charge in [-0.2, -0.15) is 5.10 Å². The van der Waals surface area contributed by atoms with Crippen molar-refractivity contribution in [1.82, 2.24) is 40.1 Å². The van der Waals surface area contributed by atoms with Gasteiger partial charge < -0.3 is 14.7 Å². The molecule has 3 aromatic heterocycles. The molecule has 4 heterocycles. The summed E-state index contributed by atoms with van der Waals surface area (Å²) in [5.41, 5.74) is 5.41. The Kier molecular flexibility index (Phi) is 6.02. The highest BCUT2D eigenvalue weighted by atomic mass is 16.7. The smallest absolute Gasteiger partial charge is 0.365 e. The Labute approximate surface area is 228 Å². The number of imidazole rings is 1. The summed E-state index contributed by atoms with van der Waals surface area (Å²) in [6.45, 7) is 5.53. The molecule has 1 amide bonds. The average Bonchev–Trinajstić information content (AvgIpc) is 3.17. The van der Waals surface area contributed by atoms with E-state index >= 15 is 0 Å². The molecule has 1 saturated heterocycles. The van der Waals surface area contributed by atoms with Crippen LogP contribution in [0.5, 0.6) is 0 Å². The van der Waals surface area contributed by atoms with Crippen LogP contribution in [0.25, 0.3) is 11.2 Å². The van der Waals surface area contributed by atoms with Crippen molar-refractivity contribution in [2.24, 2.45) is 24.8 Å². The molecule has 2 atom stereocenters. The first kappa shape index (κ1) is 24.8. The van der Waals surface area contributed by atoms with Crippen molar-refractivity contribution in [2.45, 2.75) is 95.8 Å². The van der Waals surface area contributed by atoms with E-state index in [1.54, 1.807) is 0 Å². The topological polar surface area (TPSA) is 124 Å². The van der Waals surface area contributed by atoms with Crippen LogP contribution in [0.2, 0.25) is 0 Å². The minimum absolute atomic E-state index is 0.156. The van der Waals surface area contributed by atoms with Crippen LogP contribution in [-0.4, -0.2) is 41.4 Å². The lowest BCUT2D eigenvalue weighted by molar-refractivity contribution is 0.120. The van der Waals surface area contributed by atoms with Crippen molar-refractivity contribution in [3.05, 3.63) is 29.6 Å². The molecular weight excluding hydrogens is 494 g/mol. The van der Waals surface area contributed by atoms with Crippen LogP contribution < -0.4 is 16.1 Å². The number of aromatic nitrogens is 6. The number of hydrogen-bond donors (Lipinski definition) is 3. The first-order valence-corrected chi connectivity index (χ1v) is 14.7. The second kappa shape index (κ2) is 9.46. The van der Waals surface area contributed by atoms with Crippen molar-refractivity contribution in [3.8, 4) is 0 Å². The first-order valence-electron chi connectivity index (χ1n) is 14.7. The zero-order chi connectivity index (χ0) is 26.7. The van der Waals surface area contributed by atoms with Gasteiger partial charge in [-0.25, -0.2) is 19.7 Å². The summed E-state index contributed by atoms with van der Waals surface area (Å²) in [4.78, 5) is 31.9. The summed E-state index contributed by atoms with van der Waals surface area (Å²) in [6, 6.07) is 0.280. The molecular formula is C28H39N9O2. The monoisotopic (exact) mass is 533 g/mol. The number of hydroxylamine groups is 1. The largest absolute Gasteiger partial charge is 0.427 e. The molecule has 3 saturated carbocycles. The molecule has 0 spiro atoms. The van der Waals surface area contributed by atoms with Gasteiger partial charge in [0.25, 0.3) is 0 Å². The van der Waals surface area contributed by atoms with Crippen LogP contribution in [-0.2, 0) is 23.8 Å². The van der Waals surface area contributed by atoms with Gasteiger partial charge in [-0.15, -0.1) is 5.48 Å². The number of fused-ring (bicyclic) bond motifs is 1. The fraction of sp³-hybridized carbons (Fsp3) is 0.679. The minimum atomic E-state index is -0.622. The van der Waals surface area contributed by atoms with Gasteiger partial charge in [0.05, 0.1) is 11.6 Å². The van der Waals surface area contributed by atoms with E-state index in [9.17, 15) is 4.79 Å².